The largest absolute Gasteiger partial charge is 0.497 e. The lowest BCUT2D eigenvalue weighted by atomic mass is 10.2. The highest BCUT2D eigenvalue weighted by atomic mass is 32.2. The fraction of sp³-hybridized carbons (Fsp3) is 0.318. The zero-order valence-electron chi connectivity index (χ0n) is 17.2. The monoisotopic (exact) mass is 423 g/mol. The molecular weight excluding hydrogens is 398 g/mol. The topological polar surface area (TPSA) is 63.5 Å². The molecule has 1 aliphatic rings. The molecule has 1 saturated heterocycles. The number of methoxy groups -OCH3 is 1. The Morgan fingerprint density at radius 3 is 2.37 bits per heavy atom. The zero-order chi connectivity index (χ0) is 20.9. The molecule has 3 aromatic rings. The lowest BCUT2D eigenvalue weighted by molar-refractivity contribution is -0.128. The summed E-state index contributed by atoms with van der Waals surface area (Å²) in [5, 5.41) is 9.29. The summed E-state index contributed by atoms with van der Waals surface area (Å²) >= 11 is 1.44. The number of benzene rings is 2. The van der Waals surface area contributed by atoms with Crippen LogP contribution >= 0.6 is 11.8 Å². The molecule has 2 heterocycles. The molecule has 0 N–H and O–H groups in total. The van der Waals surface area contributed by atoms with E-state index in [2.05, 4.69) is 27.2 Å². The molecule has 30 heavy (non-hydrogen) atoms. The van der Waals surface area contributed by atoms with E-state index in [1.165, 1.54) is 11.8 Å². The summed E-state index contributed by atoms with van der Waals surface area (Å²) in [5.41, 5.74) is 2.17. The molecule has 156 valence electrons. The number of anilines is 1. The first-order chi connectivity index (χ1) is 14.7. The first kappa shape index (κ1) is 20.3. The molecule has 1 aromatic heterocycles. The van der Waals surface area contributed by atoms with Crippen LogP contribution in [0, 0.1) is 0 Å². The molecule has 4 rings (SSSR count). The van der Waals surface area contributed by atoms with Gasteiger partial charge in [0.1, 0.15) is 5.75 Å². The van der Waals surface area contributed by atoms with Gasteiger partial charge in [0.15, 0.2) is 11.0 Å². The Labute approximate surface area is 180 Å². The van der Waals surface area contributed by atoms with Gasteiger partial charge in [0.05, 0.1) is 12.9 Å². The van der Waals surface area contributed by atoms with Gasteiger partial charge in [-0.15, -0.1) is 10.2 Å². The van der Waals surface area contributed by atoms with E-state index < -0.39 is 0 Å². The molecule has 0 aliphatic carbocycles. The van der Waals surface area contributed by atoms with Gasteiger partial charge >= 0.3 is 0 Å². The van der Waals surface area contributed by atoms with Crippen LogP contribution in [0.2, 0.25) is 0 Å². The normalized spacial score (nSPS) is 14.1. The predicted octanol–water partition coefficient (Wildman–Crippen LogP) is 2.93. The molecule has 0 spiro atoms. The van der Waals surface area contributed by atoms with Gasteiger partial charge in [-0.25, -0.2) is 0 Å². The van der Waals surface area contributed by atoms with Crippen LogP contribution in [0.3, 0.4) is 0 Å². The standard InChI is InChI=1S/C22H25N5O2S/c1-25-21(17-6-4-3-5-7-17)23-24-22(25)30-16-20(28)27-14-12-26(13-15-27)18-8-10-19(29-2)11-9-18/h3-11H,12-16H2,1-2H3. The number of carbonyl (C=O) groups is 1. The Morgan fingerprint density at radius 2 is 1.70 bits per heavy atom. The van der Waals surface area contributed by atoms with Crippen molar-refractivity contribution in [2.24, 2.45) is 7.05 Å². The molecule has 1 amide bonds. The van der Waals surface area contributed by atoms with Crippen LogP contribution in [0.4, 0.5) is 5.69 Å². The van der Waals surface area contributed by atoms with Crippen LogP contribution in [-0.4, -0.2) is 64.6 Å². The minimum Gasteiger partial charge on any atom is -0.497 e. The van der Waals surface area contributed by atoms with Gasteiger partial charge < -0.3 is 19.1 Å². The minimum atomic E-state index is 0.138. The van der Waals surface area contributed by atoms with Gasteiger partial charge in [0.2, 0.25) is 5.91 Å². The van der Waals surface area contributed by atoms with Crippen molar-refractivity contribution < 1.29 is 9.53 Å². The predicted molar refractivity (Wildman–Crippen MR) is 119 cm³/mol. The number of thioether (sulfide) groups is 1. The van der Waals surface area contributed by atoms with E-state index in [0.717, 1.165) is 54.2 Å². The lowest BCUT2D eigenvalue weighted by Crippen LogP contribution is -2.49. The van der Waals surface area contributed by atoms with Crippen molar-refractivity contribution in [3.05, 3.63) is 54.6 Å². The van der Waals surface area contributed by atoms with Gasteiger partial charge in [-0.2, -0.15) is 0 Å². The van der Waals surface area contributed by atoms with Crippen LogP contribution in [-0.2, 0) is 11.8 Å². The van der Waals surface area contributed by atoms with Crippen LogP contribution in [0.25, 0.3) is 11.4 Å². The SMILES string of the molecule is COc1ccc(N2CCN(C(=O)CSc3nnc(-c4ccccc4)n3C)CC2)cc1. The molecule has 1 fully saturated rings. The second kappa shape index (κ2) is 9.21. The molecule has 8 heteroatoms. The highest BCUT2D eigenvalue weighted by molar-refractivity contribution is 7.99. The average Bonchev–Trinajstić information content (AvgIpc) is 3.18. The molecule has 0 atom stereocenters. The number of aromatic nitrogens is 3. The van der Waals surface area contributed by atoms with Crippen molar-refractivity contribution in [2.45, 2.75) is 5.16 Å². The second-order valence-electron chi connectivity index (χ2n) is 7.09. The minimum absolute atomic E-state index is 0.138. The Morgan fingerprint density at radius 1 is 1.00 bits per heavy atom. The number of hydrogen-bond donors (Lipinski definition) is 0. The molecule has 7 nitrogen and oxygen atoms in total. The number of rotatable bonds is 6. The van der Waals surface area contributed by atoms with Crippen LogP contribution in [0.1, 0.15) is 0 Å². The second-order valence-corrected chi connectivity index (χ2v) is 8.03. The van der Waals surface area contributed by atoms with E-state index in [1.54, 1.807) is 7.11 Å². The maximum atomic E-state index is 12.7. The number of nitrogens with zero attached hydrogens (tertiary/aromatic N) is 5. The number of amides is 1. The van der Waals surface area contributed by atoms with E-state index in [9.17, 15) is 4.79 Å². The Balaban J connectivity index is 1.30. The fourth-order valence-corrected chi connectivity index (χ4v) is 4.32. The van der Waals surface area contributed by atoms with Crippen molar-refractivity contribution in [3.8, 4) is 17.1 Å². The average molecular weight is 424 g/mol. The van der Waals surface area contributed by atoms with Crippen molar-refractivity contribution in [2.75, 3.05) is 43.9 Å². The van der Waals surface area contributed by atoms with Crippen molar-refractivity contribution in [1.82, 2.24) is 19.7 Å². The first-order valence-electron chi connectivity index (χ1n) is 9.90. The highest BCUT2D eigenvalue weighted by Gasteiger charge is 2.22. The number of carbonyl (C=O) groups excluding carboxylic acids is 1. The summed E-state index contributed by atoms with van der Waals surface area (Å²) in [4.78, 5) is 16.9. The van der Waals surface area contributed by atoms with Crippen LogP contribution in [0.15, 0.2) is 59.8 Å². The molecule has 1 aliphatic heterocycles. The summed E-state index contributed by atoms with van der Waals surface area (Å²) in [6.45, 7) is 3.09. The Kier molecular flexibility index (Phi) is 6.23. The summed E-state index contributed by atoms with van der Waals surface area (Å²) in [6, 6.07) is 18.0. The highest BCUT2D eigenvalue weighted by Crippen LogP contribution is 2.24. The maximum Gasteiger partial charge on any atom is 0.233 e. The van der Waals surface area contributed by atoms with Gasteiger partial charge in [-0.1, -0.05) is 42.1 Å². The van der Waals surface area contributed by atoms with Gasteiger partial charge in [0, 0.05) is 44.5 Å². The third kappa shape index (κ3) is 4.43. The third-order valence-corrected chi connectivity index (χ3v) is 6.27. The zero-order valence-corrected chi connectivity index (χ0v) is 18.0. The summed E-state index contributed by atoms with van der Waals surface area (Å²) in [6.07, 6.45) is 0. The molecule has 2 aromatic carbocycles. The van der Waals surface area contributed by atoms with E-state index >= 15 is 0 Å². The maximum absolute atomic E-state index is 12.7. The van der Waals surface area contributed by atoms with Crippen LogP contribution < -0.4 is 9.64 Å². The summed E-state index contributed by atoms with van der Waals surface area (Å²) < 4.78 is 7.16. The Hall–Kier alpha value is -3.00. The third-order valence-electron chi connectivity index (χ3n) is 5.26. The fourth-order valence-electron chi connectivity index (χ4n) is 3.50. The number of hydrogen-bond acceptors (Lipinski definition) is 6. The van der Waals surface area contributed by atoms with Gasteiger partial charge in [0.25, 0.3) is 0 Å². The number of ether oxygens (including phenoxy) is 1. The van der Waals surface area contributed by atoms with E-state index in [1.807, 2.05) is 59.0 Å². The van der Waals surface area contributed by atoms with Crippen molar-refractivity contribution in [1.29, 1.82) is 0 Å². The molecule has 0 bridgehead atoms. The van der Waals surface area contributed by atoms with Gasteiger partial charge in [-0.3, -0.25) is 4.79 Å². The van der Waals surface area contributed by atoms with Crippen LogP contribution in [0.5, 0.6) is 5.75 Å². The molecular formula is C22H25N5O2S. The van der Waals surface area contributed by atoms with E-state index in [0.29, 0.717) is 5.75 Å². The first-order valence-corrected chi connectivity index (χ1v) is 10.9. The Bertz CT molecular complexity index is 983. The van der Waals surface area contributed by atoms with E-state index in [4.69, 9.17) is 4.74 Å². The summed E-state index contributed by atoms with van der Waals surface area (Å²) in [7, 11) is 3.60. The van der Waals surface area contributed by atoms with E-state index in [-0.39, 0.29) is 5.91 Å². The lowest BCUT2D eigenvalue weighted by Gasteiger charge is -2.36. The molecule has 0 unspecified atom stereocenters. The van der Waals surface area contributed by atoms with Gasteiger partial charge in [-0.05, 0) is 24.3 Å². The number of piperazine rings is 1. The molecule has 0 radical (unpaired) electrons. The smallest absolute Gasteiger partial charge is 0.233 e. The van der Waals surface area contributed by atoms with Crippen molar-refractivity contribution >= 4 is 23.4 Å². The molecule has 0 saturated carbocycles. The summed E-state index contributed by atoms with van der Waals surface area (Å²) in [5.74, 6) is 2.16. The quantitative estimate of drug-likeness (QED) is 0.568. The van der Waals surface area contributed by atoms with Crippen molar-refractivity contribution in [3.63, 3.8) is 0 Å².